The van der Waals surface area contributed by atoms with E-state index in [0.717, 1.165) is 22.7 Å². The van der Waals surface area contributed by atoms with Crippen molar-refractivity contribution in [2.24, 2.45) is 10.2 Å². The van der Waals surface area contributed by atoms with Gasteiger partial charge in [-0.3, -0.25) is 0 Å². The topological polar surface area (TPSA) is 34.0 Å². The van der Waals surface area contributed by atoms with E-state index in [1.807, 2.05) is 78.9 Å². The molecule has 3 nitrogen and oxygen atoms in total. The lowest BCUT2D eigenvalue weighted by Crippen LogP contribution is -1.94. The summed E-state index contributed by atoms with van der Waals surface area (Å²) in [5, 5.41) is 8.45. The van der Waals surface area contributed by atoms with Crippen molar-refractivity contribution < 1.29 is 4.74 Å². The fourth-order valence-corrected chi connectivity index (χ4v) is 2.33. The summed E-state index contributed by atoms with van der Waals surface area (Å²) in [4.78, 5) is 0. The van der Waals surface area contributed by atoms with Crippen LogP contribution in [-0.2, 0) is 6.61 Å². The van der Waals surface area contributed by atoms with Crippen molar-refractivity contribution in [2.75, 3.05) is 0 Å². The van der Waals surface area contributed by atoms with Crippen LogP contribution in [0.5, 0.6) is 5.75 Å². The van der Waals surface area contributed by atoms with Crippen LogP contribution in [0.4, 0.5) is 11.4 Å². The Morgan fingerprint density at radius 2 is 1.26 bits per heavy atom. The second kappa shape index (κ2) is 7.87. The molecule has 0 fully saturated rings. The fourth-order valence-electron chi connectivity index (χ4n) is 1.97. The second-order valence-corrected chi connectivity index (χ2v) is 6.19. The Morgan fingerprint density at radius 3 is 1.87 bits per heavy atom. The van der Waals surface area contributed by atoms with Gasteiger partial charge in [-0.1, -0.05) is 30.3 Å². The molecule has 0 aromatic heterocycles. The van der Waals surface area contributed by atoms with E-state index in [-0.39, 0.29) is 0 Å². The first-order valence-corrected chi connectivity index (χ1v) is 8.31. The summed E-state index contributed by atoms with van der Waals surface area (Å²) in [6, 6.07) is 25.6. The lowest BCUT2D eigenvalue weighted by atomic mass is 10.2. The maximum Gasteiger partial charge on any atom is 0.119 e. The average Bonchev–Trinajstić information content (AvgIpc) is 2.61. The third-order valence-electron chi connectivity index (χ3n) is 3.19. The van der Waals surface area contributed by atoms with Crippen LogP contribution in [0.2, 0.25) is 0 Å². The Kier molecular flexibility index (Phi) is 5.37. The molecule has 3 aromatic rings. The summed E-state index contributed by atoms with van der Waals surface area (Å²) in [7, 11) is 0. The number of rotatable bonds is 5. The van der Waals surface area contributed by atoms with Crippen LogP contribution >= 0.6 is 22.6 Å². The number of halogens is 1. The predicted octanol–water partition coefficient (Wildman–Crippen LogP) is 6.29. The zero-order valence-corrected chi connectivity index (χ0v) is 14.6. The summed E-state index contributed by atoms with van der Waals surface area (Å²) in [6.07, 6.45) is 0. The Morgan fingerprint density at radius 1 is 0.696 bits per heavy atom. The van der Waals surface area contributed by atoms with Gasteiger partial charge in [-0.2, -0.15) is 10.2 Å². The molecule has 4 heteroatoms. The van der Waals surface area contributed by atoms with Crippen molar-refractivity contribution in [1.29, 1.82) is 0 Å². The van der Waals surface area contributed by atoms with Gasteiger partial charge in [0.15, 0.2) is 0 Å². The van der Waals surface area contributed by atoms with Gasteiger partial charge in [-0.15, -0.1) is 0 Å². The van der Waals surface area contributed by atoms with Crippen molar-refractivity contribution in [3.8, 4) is 5.75 Å². The molecule has 0 radical (unpaired) electrons. The van der Waals surface area contributed by atoms with E-state index in [2.05, 4.69) is 32.8 Å². The van der Waals surface area contributed by atoms with Crippen molar-refractivity contribution in [3.63, 3.8) is 0 Å². The highest BCUT2D eigenvalue weighted by molar-refractivity contribution is 14.1. The molecular formula is C19H15IN2O. The highest BCUT2D eigenvalue weighted by Gasteiger charge is 1.97. The van der Waals surface area contributed by atoms with Crippen LogP contribution in [0.25, 0.3) is 0 Å². The molecule has 0 aliphatic carbocycles. The van der Waals surface area contributed by atoms with E-state index < -0.39 is 0 Å². The second-order valence-electron chi connectivity index (χ2n) is 4.94. The quantitative estimate of drug-likeness (QED) is 0.357. The molecule has 0 bridgehead atoms. The smallest absolute Gasteiger partial charge is 0.119 e. The van der Waals surface area contributed by atoms with E-state index in [9.17, 15) is 0 Å². The molecule has 0 saturated carbocycles. The molecule has 0 N–H and O–H groups in total. The minimum absolute atomic E-state index is 0.560. The number of azo groups is 1. The molecule has 0 spiro atoms. The molecule has 114 valence electrons. The molecule has 23 heavy (non-hydrogen) atoms. The largest absolute Gasteiger partial charge is 0.489 e. The summed E-state index contributed by atoms with van der Waals surface area (Å²) in [6.45, 7) is 0.560. The molecule has 0 heterocycles. The van der Waals surface area contributed by atoms with Crippen molar-refractivity contribution >= 4 is 34.0 Å². The summed E-state index contributed by atoms with van der Waals surface area (Å²) >= 11 is 2.27. The van der Waals surface area contributed by atoms with Crippen LogP contribution in [0.15, 0.2) is 89.1 Å². The molecule has 0 aliphatic heterocycles. The van der Waals surface area contributed by atoms with Gasteiger partial charge in [0.2, 0.25) is 0 Å². The number of benzene rings is 3. The van der Waals surface area contributed by atoms with E-state index in [0.29, 0.717) is 6.61 Å². The maximum absolute atomic E-state index is 5.75. The van der Waals surface area contributed by atoms with Gasteiger partial charge >= 0.3 is 0 Å². The van der Waals surface area contributed by atoms with E-state index in [4.69, 9.17) is 4.74 Å². The number of hydrogen-bond acceptors (Lipinski definition) is 3. The van der Waals surface area contributed by atoms with E-state index in [1.165, 1.54) is 3.57 Å². The highest BCUT2D eigenvalue weighted by Crippen LogP contribution is 2.22. The SMILES string of the molecule is Ic1ccc(N=Nc2ccc(OCc3ccccc3)cc2)cc1. The molecule has 3 aromatic carbocycles. The Labute approximate surface area is 149 Å². The third kappa shape index (κ3) is 4.89. The van der Waals surface area contributed by atoms with Gasteiger partial charge in [0.05, 0.1) is 11.4 Å². The number of hydrogen-bond donors (Lipinski definition) is 0. The van der Waals surface area contributed by atoms with E-state index in [1.54, 1.807) is 0 Å². The molecular weight excluding hydrogens is 399 g/mol. The number of nitrogens with zero attached hydrogens (tertiary/aromatic N) is 2. The molecule has 3 rings (SSSR count). The van der Waals surface area contributed by atoms with E-state index >= 15 is 0 Å². The Balaban J connectivity index is 1.59. The van der Waals surface area contributed by atoms with Crippen LogP contribution < -0.4 is 4.74 Å². The van der Waals surface area contributed by atoms with Crippen LogP contribution in [0.3, 0.4) is 0 Å². The Bertz CT molecular complexity index is 769. The first-order valence-electron chi connectivity index (χ1n) is 7.24. The van der Waals surface area contributed by atoms with Crippen molar-refractivity contribution in [2.45, 2.75) is 6.61 Å². The first-order chi connectivity index (χ1) is 11.3. The standard InChI is InChI=1S/C19H15IN2O/c20-16-6-8-17(9-7-16)21-22-18-10-12-19(13-11-18)23-14-15-4-2-1-3-5-15/h1-13H,14H2. The van der Waals surface area contributed by atoms with Crippen molar-refractivity contribution in [1.82, 2.24) is 0 Å². The minimum Gasteiger partial charge on any atom is -0.489 e. The Hall–Kier alpha value is -2.21. The summed E-state index contributed by atoms with van der Waals surface area (Å²) in [5.41, 5.74) is 2.79. The van der Waals surface area contributed by atoms with Gasteiger partial charge < -0.3 is 4.74 Å². The lowest BCUT2D eigenvalue weighted by Gasteiger charge is -2.06. The zero-order chi connectivity index (χ0) is 15.9. The summed E-state index contributed by atoms with van der Waals surface area (Å²) in [5.74, 6) is 0.821. The fraction of sp³-hybridized carbons (Fsp3) is 0.0526. The normalized spacial score (nSPS) is 10.8. The predicted molar refractivity (Wildman–Crippen MR) is 101 cm³/mol. The lowest BCUT2D eigenvalue weighted by molar-refractivity contribution is 0.306. The molecule has 0 saturated heterocycles. The monoisotopic (exact) mass is 414 g/mol. The first kappa shape index (κ1) is 15.7. The average molecular weight is 414 g/mol. The minimum atomic E-state index is 0.560. The van der Waals surface area contributed by atoms with Crippen LogP contribution in [-0.4, -0.2) is 0 Å². The van der Waals surface area contributed by atoms with Gasteiger partial charge in [0.1, 0.15) is 12.4 Å². The van der Waals surface area contributed by atoms with Gasteiger partial charge in [-0.05, 0) is 76.7 Å². The van der Waals surface area contributed by atoms with Crippen molar-refractivity contribution in [3.05, 3.63) is 88.0 Å². The zero-order valence-electron chi connectivity index (χ0n) is 12.4. The highest BCUT2D eigenvalue weighted by atomic mass is 127. The number of ether oxygens (including phenoxy) is 1. The van der Waals surface area contributed by atoms with Gasteiger partial charge in [-0.25, -0.2) is 0 Å². The maximum atomic E-state index is 5.75. The van der Waals surface area contributed by atoms with Gasteiger partial charge in [0, 0.05) is 3.57 Å². The molecule has 0 amide bonds. The summed E-state index contributed by atoms with van der Waals surface area (Å²) < 4.78 is 6.93. The molecule has 0 aliphatic rings. The molecule has 0 unspecified atom stereocenters. The third-order valence-corrected chi connectivity index (χ3v) is 3.91. The van der Waals surface area contributed by atoms with Crippen LogP contribution in [0, 0.1) is 3.57 Å². The molecule has 0 atom stereocenters. The van der Waals surface area contributed by atoms with Gasteiger partial charge in [0.25, 0.3) is 0 Å². The van der Waals surface area contributed by atoms with Crippen LogP contribution in [0.1, 0.15) is 5.56 Å².